The molecule has 8 atom stereocenters. The fourth-order valence-corrected chi connectivity index (χ4v) is 7.02. The van der Waals surface area contributed by atoms with Crippen LogP contribution in [0.3, 0.4) is 0 Å². The highest BCUT2D eigenvalue weighted by Gasteiger charge is 2.64. The van der Waals surface area contributed by atoms with Gasteiger partial charge >= 0.3 is 12.1 Å². The Morgan fingerprint density at radius 3 is 2.53 bits per heavy atom. The number of anilines is 1. The fourth-order valence-electron chi connectivity index (χ4n) is 6.71. The van der Waals surface area contributed by atoms with Crippen molar-refractivity contribution >= 4 is 41.2 Å². The van der Waals surface area contributed by atoms with Crippen molar-refractivity contribution in [1.82, 2.24) is 10.2 Å². The predicted octanol–water partition coefficient (Wildman–Crippen LogP) is 4.56. The van der Waals surface area contributed by atoms with E-state index in [1.54, 1.807) is 52.1 Å². The number of hydrogen-bond donors (Lipinski definition) is 2. The van der Waals surface area contributed by atoms with Gasteiger partial charge in [0.15, 0.2) is 5.72 Å². The van der Waals surface area contributed by atoms with Crippen molar-refractivity contribution in [3.05, 3.63) is 46.5 Å². The lowest BCUT2D eigenvalue weighted by Gasteiger charge is -2.42. The molecule has 14 heteroatoms. The Bertz CT molecular complexity index is 1560. The van der Waals surface area contributed by atoms with Crippen LogP contribution in [0.25, 0.3) is 0 Å². The zero-order valence-electron chi connectivity index (χ0n) is 31.2. The Labute approximate surface area is 305 Å². The second-order valence-electron chi connectivity index (χ2n) is 14.5. The van der Waals surface area contributed by atoms with E-state index in [1.165, 1.54) is 31.1 Å². The van der Waals surface area contributed by atoms with E-state index in [4.69, 9.17) is 35.3 Å². The summed E-state index contributed by atoms with van der Waals surface area (Å²) in [6, 6.07) is 2.64. The third-order valence-corrected chi connectivity index (χ3v) is 10.5. The largest absolute Gasteiger partial charge is 0.495 e. The molecule has 282 valence electrons. The van der Waals surface area contributed by atoms with Crippen LogP contribution in [0.4, 0.5) is 10.5 Å². The molecule has 3 heterocycles. The number of nitrogens with one attached hydrogen (secondary N) is 1. The number of carbonyl (C=O) groups is 4. The van der Waals surface area contributed by atoms with Gasteiger partial charge in [0.05, 0.1) is 25.3 Å². The van der Waals surface area contributed by atoms with Gasteiger partial charge in [-0.1, -0.05) is 56.2 Å². The van der Waals surface area contributed by atoms with E-state index >= 15 is 0 Å². The first-order chi connectivity index (χ1) is 23.8. The maximum absolute atomic E-state index is 14.1. The van der Waals surface area contributed by atoms with Crippen molar-refractivity contribution in [2.45, 2.75) is 109 Å². The maximum Gasteiger partial charge on any atom is 0.409 e. The summed E-state index contributed by atoms with van der Waals surface area (Å²) in [4.78, 5) is 56.1. The number of esters is 1. The number of epoxide rings is 1. The number of allylic oxidation sites excluding steroid dienone is 3. The van der Waals surface area contributed by atoms with Gasteiger partial charge in [-0.15, -0.1) is 0 Å². The summed E-state index contributed by atoms with van der Waals surface area (Å²) >= 11 is 6.75. The Balaban J connectivity index is 1.77. The van der Waals surface area contributed by atoms with Crippen LogP contribution in [-0.2, 0) is 39.8 Å². The molecular weight excluding hydrogens is 682 g/mol. The zero-order chi connectivity index (χ0) is 38.0. The van der Waals surface area contributed by atoms with Crippen molar-refractivity contribution in [2.75, 3.05) is 33.2 Å². The molecule has 0 radical (unpaired) electrons. The molecule has 4 rings (SSSR count). The number of aliphatic hydroxyl groups is 1. The molecule has 0 saturated carbocycles. The molecule has 1 aromatic rings. The van der Waals surface area contributed by atoms with E-state index < -0.39 is 65.7 Å². The first-order valence-electron chi connectivity index (χ1n) is 17.2. The number of ether oxygens (including phenoxy) is 5. The number of carbonyl (C=O) groups excluding carboxylic acids is 4. The molecule has 1 aromatic carbocycles. The second-order valence-corrected chi connectivity index (χ2v) is 14.9. The fraction of sp³-hybridized carbons (Fsp3) is 0.622. The van der Waals surface area contributed by atoms with Gasteiger partial charge in [0, 0.05) is 40.0 Å². The van der Waals surface area contributed by atoms with Crippen LogP contribution in [0.2, 0.25) is 5.02 Å². The SMILES string of the molecule is COc1cc2cc(c1Cl)N(C)C(=O)CC(OC(=O)C(C)N(C)C(=O)CC(C)C)C1(C)OC1C(C)C1CC(O)(NC(=O)O1)C(OC)/C=C/C=C(\C)C2. The van der Waals surface area contributed by atoms with Crippen LogP contribution in [0.5, 0.6) is 5.75 Å². The lowest BCUT2D eigenvalue weighted by Crippen LogP contribution is -2.63. The summed E-state index contributed by atoms with van der Waals surface area (Å²) in [5, 5.41) is 14.5. The number of nitrogens with zero attached hydrogens (tertiary/aromatic N) is 2. The zero-order valence-corrected chi connectivity index (χ0v) is 31.9. The monoisotopic (exact) mass is 733 g/mol. The molecule has 2 fully saturated rings. The minimum absolute atomic E-state index is 0.0442. The highest BCUT2D eigenvalue weighted by molar-refractivity contribution is 6.35. The smallest absolute Gasteiger partial charge is 0.409 e. The van der Waals surface area contributed by atoms with Crippen LogP contribution < -0.4 is 15.0 Å². The average Bonchev–Trinajstić information content (AvgIpc) is 3.76. The number of methoxy groups -OCH3 is 2. The molecule has 0 aromatic heterocycles. The summed E-state index contributed by atoms with van der Waals surface area (Å²) in [6.07, 6.45) is 1.26. The third-order valence-electron chi connectivity index (χ3n) is 10.1. The van der Waals surface area contributed by atoms with Gasteiger partial charge in [0.25, 0.3) is 0 Å². The van der Waals surface area contributed by atoms with E-state index in [0.29, 0.717) is 17.9 Å². The molecular formula is C37H52ClN3O10. The van der Waals surface area contributed by atoms with Crippen molar-refractivity contribution in [3.63, 3.8) is 0 Å². The molecule has 2 saturated heterocycles. The maximum atomic E-state index is 14.1. The molecule has 0 spiro atoms. The lowest BCUT2D eigenvalue weighted by atomic mass is 9.83. The number of rotatable bonds is 7. The molecule has 3 aliphatic heterocycles. The molecule has 0 aliphatic carbocycles. The van der Waals surface area contributed by atoms with Crippen molar-refractivity contribution < 1.29 is 48.0 Å². The highest BCUT2D eigenvalue weighted by Crippen LogP contribution is 2.49. The molecule has 3 aliphatic rings. The van der Waals surface area contributed by atoms with Gasteiger partial charge in [-0.2, -0.15) is 0 Å². The molecule has 51 heavy (non-hydrogen) atoms. The summed E-state index contributed by atoms with van der Waals surface area (Å²) < 4.78 is 29.2. The Hall–Kier alpha value is -3.65. The van der Waals surface area contributed by atoms with Gasteiger partial charge in [-0.25, -0.2) is 9.59 Å². The number of halogens is 1. The quantitative estimate of drug-likeness (QED) is 0.301. The molecule has 13 nitrogen and oxygen atoms in total. The van der Waals surface area contributed by atoms with Gasteiger partial charge < -0.3 is 38.6 Å². The van der Waals surface area contributed by atoms with Gasteiger partial charge in [-0.05, 0) is 50.8 Å². The highest BCUT2D eigenvalue weighted by atomic mass is 35.5. The normalized spacial score (nSPS) is 32.1. The van der Waals surface area contributed by atoms with Crippen LogP contribution in [0, 0.1) is 11.8 Å². The topological polar surface area (TPSA) is 156 Å². The minimum atomic E-state index is -1.82. The number of benzene rings is 1. The van der Waals surface area contributed by atoms with E-state index in [2.05, 4.69) is 5.32 Å². The van der Waals surface area contributed by atoms with Crippen LogP contribution in [0.1, 0.15) is 66.4 Å². The number of likely N-dealkylation sites (N-methyl/N-ethyl adjacent to an activating group) is 1. The van der Waals surface area contributed by atoms with Crippen molar-refractivity contribution in [3.8, 4) is 5.75 Å². The van der Waals surface area contributed by atoms with Crippen LogP contribution in [0.15, 0.2) is 35.9 Å². The van der Waals surface area contributed by atoms with E-state index in [-0.39, 0.29) is 36.1 Å². The predicted molar refractivity (Wildman–Crippen MR) is 190 cm³/mol. The van der Waals surface area contributed by atoms with Crippen LogP contribution >= 0.6 is 11.6 Å². The second kappa shape index (κ2) is 15.9. The van der Waals surface area contributed by atoms with Crippen molar-refractivity contribution in [1.29, 1.82) is 0 Å². The summed E-state index contributed by atoms with van der Waals surface area (Å²) in [7, 11) is 6.04. The van der Waals surface area contributed by atoms with Gasteiger partial charge in [-0.3, -0.25) is 14.9 Å². The molecule has 2 N–H and O–H groups in total. The average molecular weight is 734 g/mol. The van der Waals surface area contributed by atoms with Gasteiger partial charge in [0.1, 0.15) is 40.7 Å². The minimum Gasteiger partial charge on any atom is -0.495 e. The molecule has 4 bridgehead atoms. The molecule has 8 unspecified atom stereocenters. The number of hydrogen-bond acceptors (Lipinski definition) is 10. The summed E-state index contributed by atoms with van der Waals surface area (Å²) in [5.74, 6) is -1.41. The van der Waals surface area contributed by atoms with Crippen LogP contribution in [-0.4, -0.2) is 104 Å². The van der Waals surface area contributed by atoms with E-state index in [9.17, 15) is 24.3 Å². The standard InChI is InChI=1S/C37H52ClN3O10/c1-20(2)14-30(42)40(7)23(5)34(44)50-29-18-31(43)41(8)25-16-24(17-26(47-9)32(25)38)15-21(3)12-11-13-28(48-10)37(46)19-27(49-35(45)39-37)22(4)33-36(29,6)51-33/h11-13,16-17,20,22-23,27-29,33,46H,14-15,18-19H2,1-10H3,(H,39,45)/b13-11+,21-12+. The van der Waals surface area contributed by atoms with Gasteiger partial charge in [0.2, 0.25) is 11.8 Å². The van der Waals surface area contributed by atoms with E-state index in [1.807, 2.05) is 26.8 Å². The Morgan fingerprint density at radius 1 is 1.22 bits per heavy atom. The first kappa shape index (κ1) is 40.1. The van der Waals surface area contributed by atoms with Crippen molar-refractivity contribution in [2.24, 2.45) is 11.8 Å². The molecule has 3 amide bonds. The first-order valence-corrected chi connectivity index (χ1v) is 17.6. The summed E-state index contributed by atoms with van der Waals surface area (Å²) in [6.45, 7) is 10.8. The summed E-state index contributed by atoms with van der Waals surface area (Å²) in [5.41, 5.74) is -0.878. The lowest BCUT2D eigenvalue weighted by molar-refractivity contribution is -0.162. The number of amides is 3. The Kier molecular flexibility index (Phi) is 12.5. The number of fused-ring (bicyclic) bond motifs is 5. The third kappa shape index (κ3) is 8.88. The Morgan fingerprint density at radius 2 is 1.90 bits per heavy atom. The van der Waals surface area contributed by atoms with E-state index in [0.717, 1.165) is 11.1 Å². The number of alkyl carbamates (subject to hydrolysis) is 1.